The number of benzene rings is 2. The molecule has 4 N–H and O–H groups in total. The number of nitrogen functional groups attached to an aromatic ring is 2. The van der Waals surface area contributed by atoms with Crippen LogP contribution in [-0.4, -0.2) is 9.85 Å². The van der Waals surface area contributed by atoms with Crippen molar-refractivity contribution in [2.45, 2.75) is 0 Å². The van der Waals surface area contributed by atoms with E-state index in [0.717, 1.165) is 0 Å². The predicted molar refractivity (Wildman–Crippen MR) is 75.0 cm³/mol. The van der Waals surface area contributed by atoms with Crippen LogP contribution in [0.3, 0.4) is 0 Å². The molecule has 0 amide bonds. The lowest BCUT2D eigenvalue weighted by Gasteiger charge is -1.90. The lowest BCUT2D eigenvalue weighted by atomic mass is 10.3. The van der Waals surface area contributed by atoms with Crippen molar-refractivity contribution in [1.29, 1.82) is 0 Å². The van der Waals surface area contributed by atoms with Crippen molar-refractivity contribution in [3.63, 3.8) is 0 Å². The minimum absolute atomic E-state index is 0.0278. The summed E-state index contributed by atoms with van der Waals surface area (Å²) in [5.74, 6) is 0. The molecule has 0 bridgehead atoms. The molecule has 0 fully saturated rings. The maximum atomic E-state index is 10.1. The van der Waals surface area contributed by atoms with E-state index in [1.807, 2.05) is 0 Å². The first-order valence-corrected chi connectivity index (χ1v) is 5.40. The summed E-state index contributed by atoms with van der Waals surface area (Å²) in [5, 5.41) is 20.2. The molecule has 0 saturated heterocycles. The van der Waals surface area contributed by atoms with Crippen molar-refractivity contribution in [3.05, 3.63) is 68.8 Å². The van der Waals surface area contributed by atoms with Crippen molar-refractivity contribution >= 4 is 22.7 Å². The lowest BCUT2D eigenvalue weighted by molar-refractivity contribution is -0.385. The molecule has 2 aromatic rings. The van der Waals surface area contributed by atoms with Gasteiger partial charge in [0.25, 0.3) is 11.4 Å². The first kappa shape index (κ1) is 14.9. The predicted octanol–water partition coefficient (Wildman–Crippen LogP) is 2.35. The molecule has 2 aromatic carbocycles. The highest BCUT2D eigenvalue weighted by molar-refractivity contribution is 5.47. The van der Waals surface area contributed by atoms with E-state index < -0.39 is 9.85 Å². The van der Waals surface area contributed by atoms with E-state index in [4.69, 9.17) is 11.5 Å². The molecule has 0 aliphatic carbocycles. The van der Waals surface area contributed by atoms with Crippen LogP contribution in [0, 0.1) is 20.2 Å². The monoisotopic (exact) mass is 276 g/mol. The van der Waals surface area contributed by atoms with Gasteiger partial charge in [0.2, 0.25) is 0 Å². The molecule has 0 aliphatic heterocycles. The van der Waals surface area contributed by atoms with Crippen molar-refractivity contribution in [2.24, 2.45) is 0 Å². The van der Waals surface area contributed by atoms with Gasteiger partial charge in [-0.2, -0.15) is 0 Å². The van der Waals surface area contributed by atoms with Crippen LogP contribution < -0.4 is 11.5 Å². The van der Waals surface area contributed by atoms with Gasteiger partial charge in [-0.15, -0.1) is 0 Å². The summed E-state index contributed by atoms with van der Waals surface area (Å²) in [4.78, 5) is 19.3. The number of non-ortho nitro benzene ring substituents is 2. The fraction of sp³-hybridized carbons (Fsp3) is 0. The van der Waals surface area contributed by atoms with E-state index in [1.54, 1.807) is 24.3 Å². The number of rotatable bonds is 2. The first-order valence-electron chi connectivity index (χ1n) is 5.40. The molecule has 0 aromatic heterocycles. The highest BCUT2D eigenvalue weighted by Crippen LogP contribution is 2.14. The Morgan fingerprint density at radius 3 is 1.30 bits per heavy atom. The van der Waals surface area contributed by atoms with Crippen LogP contribution >= 0.6 is 0 Å². The topological polar surface area (TPSA) is 138 Å². The van der Waals surface area contributed by atoms with E-state index in [9.17, 15) is 20.2 Å². The van der Waals surface area contributed by atoms with Gasteiger partial charge in [-0.25, -0.2) is 0 Å². The van der Waals surface area contributed by atoms with E-state index in [-0.39, 0.29) is 11.4 Å². The normalized spacial score (nSPS) is 9.20. The molecule has 2 rings (SSSR count). The van der Waals surface area contributed by atoms with Crippen LogP contribution in [0.2, 0.25) is 0 Å². The maximum absolute atomic E-state index is 10.1. The van der Waals surface area contributed by atoms with Crippen molar-refractivity contribution in [1.82, 2.24) is 0 Å². The molecule has 0 aliphatic rings. The third-order valence-electron chi connectivity index (χ3n) is 2.16. The molecule has 0 saturated carbocycles. The smallest absolute Gasteiger partial charge is 0.271 e. The van der Waals surface area contributed by atoms with E-state index in [1.165, 1.54) is 24.3 Å². The molecular weight excluding hydrogens is 264 g/mol. The summed E-state index contributed by atoms with van der Waals surface area (Å²) in [6.07, 6.45) is 0. The van der Waals surface area contributed by atoms with Gasteiger partial charge in [-0.3, -0.25) is 20.2 Å². The fourth-order valence-electron chi connectivity index (χ4n) is 1.28. The highest BCUT2D eigenvalue weighted by Gasteiger charge is 2.02. The minimum Gasteiger partial charge on any atom is -0.399 e. The Labute approximate surface area is 113 Å². The number of nitrogens with zero attached hydrogens (tertiary/aromatic N) is 2. The van der Waals surface area contributed by atoms with Gasteiger partial charge in [0.05, 0.1) is 9.85 Å². The zero-order chi connectivity index (χ0) is 15.1. The van der Waals surface area contributed by atoms with Crippen LogP contribution in [-0.2, 0) is 0 Å². The average Bonchev–Trinajstić information content (AvgIpc) is 2.39. The molecule has 8 nitrogen and oxygen atoms in total. The van der Waals surface area contributed by atoms with Crippen molar-refractivity contribution in [2.75, 3.05) is 11.5 Å². The highest BCUT2D eigenvalue weighted by atomic mass is 16.6. The Hall–Kier alpha value is -3.16. The molecule has 0 radical (unpaired) electrons. The number of nitro benzene ring substituents is 2. The molecule has 0 heterocycles. The number of nitro groups is 2. The third-order valence-corrected chi connectivity index (χ3v) is 2.16. The second kappa shape index (κ2) is 6.69. The summed E-state index contributed by atoms with van der Waals surface area (Å²) >= 11 is 0. The van der Waals surface area contributed by atoms with Crippen LogP contribution in [0.25, 0.3) is 0 Å². The molecule has 0 unspecified atom stereocenters. The molecule has 104 valence electrons. The van der Waals surface area contributed by atoms with Gasteiger partial charge in [0.15, 0.2) is 0 Å². The van der Waals surface area contributed by atoms with Gasteiger partial charge in [-0.1, -0.05) is 12.1 Å². The molecule has 8 heteroatoms. The Kier molecular flexibility index (Phi) is 4.98. The Balaban J connectivity index is 0.000000200. The Morgan fingerprint density at radius 1 is 0.750 bits per heavy atom. The number of hydrogen-bond acceptors (Lipinski definition) is 6. The molecule has 20 heavy (non-hydrogen) atoms. The molecular formula is C12H12N4O4. The zero-order valence-corrected chi connectivity index (χ0v) is 10.3. The zero-order valence-electron chi connectivity index (χ0n) is 10.3. The second-order valence-electron chi connectivity index (χ2n) is 3.70. The maximum Gasteiger partial charge on any atom is 0.271 e. The van der Waals surface area contributed by atoms with Gasteiger partial charge < -0.3 is 11.5 Å². The van der Waals surface area contributed by atoms with E-state index >= 15 is 0 Å². The molecule has 0 spiro atoms. The summed E-state index contributed by atoms with van der Waals surface area (Å²) in [6.45, 7) is 0. The number of nitrogens with two attached hydrogens (primary N) is 2. The quantitative estimate of drug-likeness (QED) is 0.490. The van der Waals surface area contributed by atoms with Crippen LogP contribution in [0.15, 0.2) is 48.5 Å². The number of hydrogen-bond donors (Lipinski definition) is 2. The summed E-state index contributed by atoms with van der Waals surface area (Å²) in [6, 6.07) is 11.7. The van der Waals surface area contributed by atoms with Gasteiger partial charge in [0, 0.05) is 35.6 Å². The second-order valence-corrected chi connectivity index (χ2v) is 3.70. The SMILES string of the molecule is Nc1cccc([N+](=O)[O-])c1.Nc1cccc([N+](=O)[O-])c1. The Morgan fingerprint density at radius 2 is 1.10 bits per heavy atom. The van der Waals surface area contributed by atoms with E-state index in [2.05, 4.69) is 0 Å². The lowest BCUT2D eigenvalue weighted by Crippen LogP contribution is -1.89. The summed E-state index contributed by atoms with van der Waals surface area (Å²) < 4.78 is 0. The van der Waals surface area contributed by atoms with Gasteiger partial charge in [0.1, 0.15) is 0 Å². The van der Waals surface area contributed by atoms with Crippen molar-refractivity contribution < 1.29 is 9.85 Å². The summed E-state index contributed by atoms with van der Waals surface area (Å²) in [7, 11) is 0. The Bertz CT molecular complexity index is 575. The number of anilines is 2. The van der Waals surface area contributed by atoms with Crippen LogP contribution in [0.1, 0.15) is 0 Å². The largest absolute Gasteiger partial charge is 0.399 e. The third kappa shape index (κ3) is 4.61. The molecule has 0 atom stereocenters. The van der Waals surface area contributed by atoms with Crippen LogP contribution in [0.4, 0.5) is 22.7 Å². The summed E-state index contributed by atoms with van der Waals surface area (Å²) in [5.41, 5.74) is 11.5. The fourth-order valence-corrected chi connectivity index (χ4v) is 1.28. The first-order chi connectivity index (χ1) is 9.40. The van der Waals surface area contributed by atoms with E-state index in [0.29, 0.717) is 11.4 Å². The average molecular weight is 276 g/mol. The van der Waals surface area contributed by atoms with Crippen molar-refractivity contribution in [3.8, 4) is 0 Å². The van der Waals surface area contributed by atoms with Gasteiger partial charge in [-0.05, 0) is 12.1 Å². The standard InChI is InChI=1S/2C6H6N2O2/c2*7-5-2-1-3-6(4-5)8(9)10/h2*1-4H,7H2. The minimum atomic E-state index is -0.476. The van der Waals surface area contributed by atoms with Gasteiger partial charge >= 0.3 is 0 Å². The van der Waals surface area contributed by atoms with Crippen LogP contribution in [0.5, 0.6) is 0 Å².